The molecule has 0 atom stereocenters. The van der Waals surface area contributed by atoms with Crippen molar-refractivity contribution in [3.8, 4) is 0 Å². The lowest BCUT2D eigenvalue weighted by Gasteiger charge is -2.24. The second-order valence-electron chi connectivity index (χ2n) is 4.44. The zero-order valence-corrected chi connectivity index (χ0v) is 11.2. The number of hydrogen-bond acceptors (Lipinski definition) is 4. The number of halogens is 1. The summed E-state index contributed by atoms with van der Waals surface area (Å²) in [6.07, 6.45) is 4.52. The molecule has 4 nitrogen and oxygen atoms in total. The average Bonchev–Trinajstić information content (AvgIpc) is 2.67. The van der Waals surface area contributed by atoms with Gasteiger partial charge in [0.2, 0.25) is 0 Å². The molecule has 1 fully saturated rings. The van der Waals surface area contributed by atoms with E-state index in [4.69, 9.17) is 0 Å². The first-order valence-electron chi connectivity index (χ1n) is 6.49. The number of pyridine rings is 1. The standard InChI is InChI=1S/C14H19FN4/c1-3-13(16-2)18-8-5-9-19(11-10-18)14-12(15)6-4-7-17-14/h3-4,6-7H,2,5,8-11H2,1H3/b13-3+. The lowest BCUT2D eigenvalue weighted by molar-refractivity contribution is 0.365. The summed E-state index contributed by atoms with van der Waals surface area (Å²) in [6, 6.07) is 3.07. The number of anilines is 1. The van der Waals surface area contributed by atoms with Crippen molar-refractivity contribution < 1.29 is 4.39 Å². The van der Waals surface area contributed by atoms with Crippen molar-refractivity contribution in [2.45, 2.75) is 13.3 Å². The average molecular weight is 262 g/mol. The Morgan fingerprint density at radius 1 is 1.42 bits per heavy atom. The molecule has 1 aliphatic heterocycles. The first kappa shape index (κ1) is 13.5. The molecule has 0 radical (unpaired) electrons. The molecule has 0 spiro atoms. The number of nitrogens with zero attached hydrogens (tertiary/aromatic N) is 4. The molecule has 102 valence electrons. The van der Waals surface area contributed by atoms with E-state index < -0.39 is 0 Å². The van der Waals surface area contributed by atoms with Crippen LogP contribution < -0.4 is 4.90 Å². The molecule has 0 bridgehead atoms. The van der Waals surface area contributed by atoms with Crippen LogP contribution in [0.4, 0.5) is 10.2 Å². The maximum Gasteiger partial charge on any atom is 0.165 e. The highest BCUT2D eigenvalue weighted by Gasteiger charge is 2.18. The van der Waals surface area contributed by atoms with E-state index in [-0.39, 0.29) is 5.82 Å². The summed E-state index contributed by atoms with van der Waals surface area (Å²) < 4.78 is 13.7. The van der Waals surface area contributed by atoms with Crippen LogP contribution in [-0.2, 0) is 0 Å². The van der Waals surface area contributed by atoms with Crippen LogP contribution in [-0.4, -0.2) is 42.8 Å². The van der Waals surface area contributed by atoms with Gasteiger partial charge in [-0.05, 0) is 38.3 Å². The summed E-state index contributed by atoms with van der Waals surface area (Å²) in [6.45, 7) is 8.78. The summed E-state index contributed by atoms with van der Waals surface area (Å²) in [5.74, 6) is 1.07. The Morgan fingerprint density at radius 3 is 2.95 bits per heavy atom. The molecule has 0 saturated carbocycles. The van der Waals surface area contributed by atoms with Gasteiger partial charge >= 0.3 is 0 Å². The van der Waals surface area contributed by atoms with Crippen molar-refractivity contribution in [3.63, 3.8) is 0 Å². The highest BCUT2D eigenvalue weighted by molar-refractivity contribution is 5.39. The minimum absolute atomic E-state index is 0.260. The Balaban J connectivity index is 2.09. The van der Waals surface area contributed by atoms with E-state index >= 15 is 0 Å². The maximum absolute atomic E-state index is 13.7. The third-order valence-electron chi connectivity index (χ3n) is 3.28. The fourth-order valence-electron chi connectivity index (χ4n) is 2.34. The normalized spacial score (nSPS) is 17.3. The van der Waals surface area contributed by atoms with E-state index in [2.05, 4.69) is 21.6 Å². The fraction of sp³-hybridized carbons (Fsp3) is 0.429. The number of aromatic nitrogens is 1. The lowest BCUT2D eigenvalue weighted by Crippen LogP contribution is -2.31. The van der Waals surface area contributed by atoms with E-state index in [0.29, 0.717) is 5.82 Å². The summed E-state index contributed by atoms with van der Waals surface area (Å²) in [5.41, 5.74) is 0. The third-order valence-corrected chi connectivity index (χ3v) is 3.28. The van der Waals surface area contributed by atoms with Crippen molar-refractivity contribution in [1.82, 2.24) is 9.88 Å². The summed E-state index contributed by atoms with van der Waals surface area (Å²) in [5, 5.41) is 0. The maximum atomic E-state index is 13.7. The third kappa shape index (κ3) is 3.10. The topological polar surface area (TPSA) is 31.7 Å². The number of hydrogen-bond donors (Lipinski definition) is 0. The van der Waals surface area contributed by atoms with Crippen molar-refractivity contribution in [3.05, 3.63) is 36.0 Å². The Kier molecular flexibility index (Phi) is 4.49. The van der Waals surface area contributed by atoms with Crippen LogP contribution in [0.1, 0.15) is 13.3 Å². The zero-order chi connectivity index (χ0) is 13.7. The van der Waals surface area contributed by atoms with Crippen molar-refractivity contribution >= 4 is 12.5 Å². The molecule has 0 amide bonds. The molecule has 2 rings (SSSR count). The summed E-state index contributed by atoms with van der Waals surface area (Å²) >= 11 is 0. The van der Waals surface area contributed by atoms with Crippen LogP contribution in [0.2, 0.25) is 0 Å². The van der Waals surface area contributed by atoms with E-state index in [1.165, 1.54) is 6.07 Å². The van der Waals surface area contributed by atoms with Crippen molar-refractivity contribution in [1.29, 1.82) is 0 Å². The first-order chi connectivity index (χ1) is 9.26. The largest absolute Gasteiger partial charge is 0.355 e. The second kappa shape index (κ2) is 6.31. The molecule has 5 heteroatoms. The summed E-state index contributed by atoms with van der Waals surface area (Å²) in [4.78, 5) is 12.3. The number of rotatable bonds is 3. The molecular formula is C14H19FN4. The first-order valence-corrected chi connectivity index (χ1v) is 6.49. The molecule has 1 aromatic rings. The van der Waals surface area contributed by atoms with Crippen LogP contribution in [0, 0.1) is 5.82 Å². The number of aliphatic imine (C=N–C) groups is 1. The summed E-state index contributed by atoms with van der Waals surface area (Å²) in [7, 11) is 0. The SMILES string of the molecule is C=N/C(=C\C)N1CCCN(c2ncccc2F)CC1. The van der Waals surface area contributed by atoms with Crippen LogP contribution >= 0.6 is 0 Å². The van der Waals surface area contributed by atoms with Gasteiger partial charge in [-0.3, -0.25) is 0 Å². The predicted molar refractivity (Wildman–Crippen MR) is 75.9 cm³/mol. The van der Waals surface area contributed by atoms with Gasteiger partial charge < -0.3 is 9.80 Å². The molecule has 1 saturated heterocycles. The van der Waals surface area contributed by atoms with Crippen LogP contribution in [0.3, 0.4) is 0 Å². The van der Waals surface area contributed by atoms with Gasteiger partial charge in [0.05, 0.1) is 0 Å². The lowest BCUT2D eigenvalue weighted by atomic mass is 10.3. The van der Waals surface area contributed by atoms with Crippen LogP contribution in [0.25, 0.3) is 0 Å². The molecular weight excluding hydrogens is 243 g/mol. The quantitative estimate of drug-likeness (QED) is 0.783. The fourth-order valence-corrected chi connectivity index (χ4v) is 2.34. The van der Waals surface area contributed by atoms with Gasteiger partial charge in [0.15, 0.2) is 11.6 Å². The Labute approximate surface area is 113 Å². The second-order valence-corrected chi connectivity index (χ2v) is 4.44. The van der Waals surface area contributed by atoms with Gasteiger partial charge in [0, 0.05) is 32.4 Å². The van der Waals surface area contributed by atoms with Gasteiger partial charge in [-0.1, -0.05) is 0 Å². The van der Waals surface area contributed by atoms with Crippen molar-refractivity contribution in [2.75, 3.05) is 31.1 Å². The highest BCUT2D eigenvalue weighted by Crippen LogP contribution is 2.18. The molecule has 2 heterocycles. The minimum Gasteiger partial charge on any atom is -0.355 e. The van der Waals surface area contributed by atoms with Gasteiger partial charge in [0.1, 0.15) is 5.82 Å². The molecule has 1 aliphatic rings. The molecule has 1 aromatic heterocycles. The Hall–Kier alpha value is -1.91. The Bertz CT molecular complexity index is 472. The van der Waals surface area contributed by atoms with E-state index in [9.17, 15) is 4.39 Å². The molecule has 0 N–H and O–H groups in total. The van der Waals surface area contributed by atoms with Crippen molar-refractivity contribution in [2.24, 2.45) is 4.99 Å². The Morgan fingerprint density at radius 2 is 2.26 bits per heavy atom. The zero-order valence-electron chi connectivity index (χ0n) is 11.2. The van der Waals surface area contributed by atoms with Crippen LogP contribution in [0.15, 0.2) is 35.2 Å². The monoisotopic (exact) mass is 262 g/mol. The highest BCUT2D eigenvalue weighted by atomic mass is 19.1. The van der Waals surface area contributed by atoms with Gasteiger partial charge in [-0.25, -0.2) is 14.4 Å². The number of allylic oxidation sites excluding steroid dienone is 1. The van der Waals surface area contributed by atoms with Gasteiger partial charge in [-0.2, -0.15) is 0 Å². The minimum atomic E-state index is -0.260. The predicted octanol–water partition coefficient (Wildman–Crippen LogP) is 2.29. The molecule has 0 aromatic carbocycles. The van der Waals surface area contributed by atoms with Crippen LogP contribution in [0.5, 0.6) is 0 Å². The molecule has 19 heavy (non-hydrogen) atoms. The molecule has 0 unspecified atom stereocenters. The van der Waals surface area contributed by atoms with Gasteiger partial charge in [0.25, 0.3) is 0 Å². The van der Waals surface area contributed by atoms with E-state index in [0.717, 1.165) is 38.4 Å². The molecule has 0 aliphatic carbocycles. The van der Waals surface area contributed by atoms with E-state index in [1.54, 1.807) is 12.3 Å². The smallest absolute Gasteiger partial charge is 0.165 e. The van der Waals surface area contributed by atoms with Gasteiger partial charge in [-0.15, -0.1) is 0 Å². The van der Waals surface area contributed by atoms with E-state index in [1.807, 2.05) is 17.9 Å².